The van der Waals surface area contributed by atoms with Gasteiger partial charge in [0.1, 0.15) is 5.75 Å². The van der Waals surface area contributed by atoms with Gasteiger partial charge in [-0.1, -0.05) is 17.3 Å². The van der Waals surface area contributed by atoms with E-state index in [9.17, 15) is 0 Å². The van der Waals surface area contributed by atoms with Crippen molar-refractivity contribution in [1.29, 1.82) is 0 Å². The summed E-state index contributed by atoms with van der Waals surface area (Å²) < 4.78 is 10.6. The molecule has 0 amide bonds. The minimum atomic E-state index is 0. The molecule has 26 heavy (non-hydrogen) atoms. The van der Waals surface area contributed by atoms with Gasteiger partial charge in [-0.05, 0) is 37.0 Å². The number of rotatable bonds is 7. The van der Waals surface area contributed by atoms with Crippen molar-refractivity contribution in [2.75, 3.05) is 26.7 Å². The molecule has 142 valence electrons. The third-order valence-electron chi connectivity index (χ3n) is 4.11. The molecule has 2 heterocycles. The molecule has 0 radical (unpaired) electrons. The smallest absolute Gasteiger partial charge is 0.226 e. The lowest BCUT2D eigenvalue weighted by Crippen LogP contribution is -2.38. The summed E-state index contributed by atoms with van der Waals surface area (Å²) in [6.45, 7) is 4.27. The van der Waals surface area contributed by atoms with Crippen molar-refractivity contribution in [2.24, 2.45) is 4.99 Å². The Morgan fingerprint density at radius 2 is 2.08 bits per heavy atom. The third-order valence-corrected chi connectivity index (χ3v) is 4.11. The van der Waals surface area contributed by atoms with Gasteiger partial charge in [-0.15, -0.1) is 24.0 Å². The van der Waals surface area contributed by atoms with Gasteiger partial charge in [-0.2, -0.15) is 4.98 Å². The largest absolute Gasteiger partial charge is 0.493 e. The van der Waals surface area contributed by atoms with E-state index in [0.29, 0.717) is 11.7 Å². The van der Waals surface area contributed by atoms with E-state index in [2.05, 4.69) is 44.0 Å². The van der Waals surface area contributed by atoms with E-state index in [-0.39, 0.29) is 24.0 Å². The van der Waals surface area contributed by atoms with E-state index in [4.69, 9.17) is 9.26 Å². The average Bonchev–Trinajstić information content (AvgIpc) is 3.25. The number of aromatic nitrogens is 2. The number of fused-ring (bicyclic) bond motifs is 1. The molecule has 0 unspecified atom stereocenters. The van der Waals surface area contributed by atoms with E-state index in [0.717, 1.165) is 57.1 Å². The topological polar surface area (TPSA) is 84.6 Å². The molecule has 0 aliphatic carbocycles. The van der Waals surface area contributed by atoms with Gasteiger partial charge in [0.25, 0.3) is 0 Å². The number of aryl methyl sites for hydroxylation is 2. The quantitative estimate of drug-likeness (QED) is 0.279. The van der Waals surface area contributed by atoms with Crippen LogP contribution < -0.4 is 15.4 Å². The van der Waals surface area contributed by atoms with Crippen LogP contribution in [0.15, 0.2) is 27.7 Å². The van der Waals surface area contributed by atoms with E-state index in [1.165, 1.54) is 11.1 Å². The fourth-order valence-electron chi connectivity index (χ4n) is 2.83. The highest BCUT2D eigenvalue weighted by molar-refractivity contribution is 14.0. The van der Waals surface area contributed by atoms with E-state index < -0.39 is 0 Å². The molecule has 1 aliphatic rings. The summed E-state index contributed by atoms with van der Waals surface area (Å²) in [6, 6.07) is 6.45. The Morgan fingerprint density at radius 3 is 2.85 bits per heavy atom. The number of nitrogens with one attached hydrogen (secondary N) is 2. The van der Waals surface area contributed by atoms with Crippen LogP contribution in [0.1, 0.15) is 29.3 Å². The monoisotopic (exact) mass is 471 g/mol. The number of aliphatic imine (C=N–C) groups is 1. The van der Waals surface area contributed by atoms with Crippen LogP contribution in [0.5, 0.6) is 5.75 Å². The second-order valence-electron chi connectivity index (χ2n) is 6.06. The van der Waals surface area contributed by atoms with Crippen LogP contribution in [0.25, 0.3) is 0 Å². The Labute approximate surface area is 171 Å². The molecular weight excluding hydrogens is 445 g/mol. The van der Waals surface area contributed by atoms with E-state index in [1.807, 2.05) is 6.92 Å². The number of hydrogen-bond acceptors (Lipinski definition) is 5. The molecule has 2 aromatic rings. The Kier molecular flexibility index (Phi) is 8.14. The van der Waals surface area contributed by atoms with Crippen molar-refractivity contribution >= 4 is 29.9 Å². The predicted octanol–water partition coefficient (Wildman–Crippen LogP) is 2.27. The maximum absolute atomic E-state index is 5.54. The lowest BCUT2D eigenvalue weighted by Gasteiger charge is -2.11. The first kappa shape index (κ1) is 20.5. The number of halogens is 1. The van der Waals surface area contributed by atoms with Crippen molar-refractivity contribution in [3.05, 3.63) is 41.0 Å². The minimum Gasteiger partial charge on any atom is -0.493 e. The SMILES string of the molecule is CN=C(NCCCc1nc(C)no1)NCCc1ccc2c(c1)CCO2.I. The van der Waals surface area contributed by atoms with Gasteiger partial charge < -0.3 is 19.9 Å². The van der Waals surface area contributed by atoms with Crippen molar-refractivity contribution < 1.29 is 9.26 Å². The Morgan fingerprint density at radius 1 is 1.23 bits per heavy atom. The number of guanidine groups is 1. The molecule has 0 fully saturated rings. The number of hydrogen-bond donors (Lipinski definition) is 2. The lowest BCUT2D eigenvalue weighted by molar-refractivity contribution is 0.357. The standard InChI is InChI=1S/C18H25N5O2.HI/c1-13-22-17(25-23-13)4-3-9-20-18(19-2)21-10-7-14-5-6-16-15(12-14)8-11-24-16;/h5-6,12H,3-4,7-11H2,1-2H3,(H2,19,20,21);1H. The summed E-state index contributed by atoms with van der Waals surface area (Å²) in [7, 11) is 1.78. The van der Waals surface area contributed by atoms with Crippen molar-refractivity contribution in [3.8, 4) is 5.75 Å². The van der Waals surface area contributed by atoms with Crippen LogP contribution in [0, 0.1) is 6.92 Å². The summed E-state index contributed by atoms with van der Waals surface area (Å²) in [6.07, 6.45) is 3.64. The Balaban J connectivity index is 0.00000243. The van der Waals surface area contributed by atoms with Crippen molar-refractivity contribution in [2.45, 2.75) is 32.6 Å². The van der Waals surface area contributed by atoms with Gasteiger partial charge in [0.15, 0.2) is 11.8 Å². The average molecular weight is 471 g/mol. The number of nitrogens with zero attached hydrogens (tertiary/aromatic N) is 3. The number of benzene rings is 1. The Hall–Kier alpha value is -1.84. The molecule has 7 nitrogen and oxygen atoms in total. The first-order chi connectivity index (χ1) is 12.2. The highest BCUT2D eigenvalue weighted by Gasteiger charge is 2.11. The fourth-order valence-corrected chi connectivity index (χ4v) is 2.83. The molecule has 0 saturated carbocycles. The van der Waals surface area contributed by atoms with Crippen LogP contribution in [-0.4, -0.2) is 42.8 Å². The molecule has 8 heteroatoms. The molecule has 1 aromatic carbocycles. The van der Waals surface area contributed by atoms with Gasteiger partial charge in [-0.25, -0.2) is 0 Å². The second-order valence-corrected chi connectivity index (χ2v) is 6.06. The van der Waals surface area contributed by atoms with E-state index >= 15 is 0 Å². The predicted molar refractivity (Wildman–Crippen MR) is 111 cm³/mol. The molecule has 2 N–H and O–H groups in total. The van der Waals surface area contributed by atoms with Gasteiger partial charge in [-0.3, -0.25) is 4.99 Å². The normalized spacial score (nSPS) is 12.9. The summed E-state index contributed by atoms with van der Waals surface area (Å²) in [5.74, 6) is 3.21. The zero-order valence-electron chi connectivity index (χ0n) is 15.2. The van der Waals surface area contributed by atoms with Crippen LogP contribution in [-0.2, 0) is 19.3 Å². The maximum atomic E-state index is 5.54. The third kappa shape index (κ3) is 5.86. The highest BCUT2D eigenvalue weighted by atomic mass is 127. The Bertz CT molecular complexity index is 732. The molecule has 0 spiro atoms. The van der Waals surface area contributed by atoms with Gasteiger partial charge in [0.2, 0.25) is 5.89 Å². The molecule has 1 aliphatic heterocycles. The molecular formula is C18H26IN5O2. The van der Waals surface area contributed by atoms with Crippen LogP contribution >= 0.6 is 24.0 Å². The summed E-state index contributed by atoms with van der Waals surface area (Å²) in [5, 5.41) is 10.4. The summed E-state index contributed by atoms with van der Waals surface area (Å²) in [4.78, 5) is 8.44. The molecule has 0 saturated heterocycles. The van der Waals surface area contributed by atoms with Crippen LogP contribution in [0.2, 0.25) is 0 Å². The fraction of sp³-hybridized carbons (Fsp3) is 0.500. The lowest BCUT2D eigenvalue weighted by atomic mass is 10.1. The van der Waals surface area contributed by atoms with Crippen molar-refractivity contribution in [3.63, 3.8) is 0 Å². The summed E-state index contributed by atoms with van der Waals surface area (Å²) >= 11 is 0. The van der Waals surface area contributed by atoms with Gasteiger partial charge in [0.05, 0.1) is 6.61 Å². The zero-order chi connectivity index (χ0) is 17.5. The molecule has 1 aromatic heterocycles. The first-order valence-corrected chi connectivity index (χ1v) is 8.73. The maximum Gasteiger partial charge on any atom is 0.226 e. The van der Waals surface area contributed by atoms with Crippen LogP contribution in [0.3, 0.4) is 0 Å². The summed E-state index contributed by atoms with van der Waals surface area (Å²) in [5.41, 5.74) is 2.63. The van der Waals surface area contributed by atoms with Crippen LogP contribution in [0.4, 0.5) is 0 Å². The number of ether oxygens (including phenoxy) is 1. The first-order valence-electron chi connectivity index (χ1n) is 8.73. The van der Waals surface area contributed by atoms with Gasteiger partial charge >= 0.3 is 0 Å². The van der Waals surface area contributed by atoms with E-state index in [1.54, 1.807) is 7.05 Å². The minimum absolute atomic E-state index is 0. The van der Waals surface area contributed by atoms with Crippen molar-refractivity contribution in [1.82, 2.24) is 20.8 Å². The molecule has 3 rings (SSSR count). The second kappa shape index (κ2) is 10.3. The zero-order valence-corrected chi connectivity index (χ0v) is 17.6. The van der Waals surface area contributed by atoms with Gasteiger partial charge in [0, 0.05) is 33.0 Å². The molecule has 0 atom stereocenters. The highest BCUT2D eigenvalue weighted by Crippen LogP contribution is 2.25. The molecule has 0 bridgehead atoms.